The van der Waals surface area contributed by atoms with Crippen LogP contribution in [0.15, 0.2) is 54.7 Å². The number of anilines is 2. The summed E-state index contributed by atoms with van der Waals surface area (Å²) in [6.45, 7) is 4.49. The molecule has 4 aliphatic heterocycles. The second-order valence-electron chi connectivity index (χ2n) is 15.0. The number of likely N-dealkylation sites (tertiary alicyclic amines) is 1. The van der Waals surface area contributed by atoms with Crippen LogP contribution in [0.1, 0.15) is 87.9 Å². The van der Waals surface area contributed by atoms with E-state index in [9.17, 15) is 37.1 Å². The van der Waals surface area contributed by atoms with Crippen LogP contribution in [0.25, 0.3) is 10.9 Å². The highest BCUT2D eigenvalue weighted by molar-refractivity contribution is 6.23. The number of piperidine rings is 3. The summed E-state index contributed by atoms with van der Waals surface area (Å²) in [5, 5.41) is 10.4. The number of pyridine rings is 1. The number of carbonyl (C=O) groups excluding carboxylic acids is 5. The average molecular weight is 787 g/mol. The van der Waals surface area contributed by atoms with Crippen molar-refractivity contribution < 1.29 is 41.9 Å². The van der Waals surface area contributed by atoms with Gasteiger partial charge in [-0.25, -0.2) is 4.98 Å². The van der Waals surface area contributed by atoms with Crippen LogP contribution in [0.4, 0.5) is 24.5 Å². The van der Waals surface area contributed by atoms with Crippen LogP contribution in [-0.2, 0) is 15.8 Å². The van der Waals surface area contributed by atoms with E-state index in [0.29, 0.717) is 28.4 Å². The molecule has 2 aromatic heterocycles. The van der Waals surface area contributed by atoms with Gasteiger partial charge in [0.2, 0.25) is 11.8 Å². The number of nitrogens with one attached hydrogen (secondary N) is 2. The van der Waals surface area contributed by atoms with E-state index in [2.05, 4.69) is 25.4 Å². The minimum absolute atomic E-state index is 0.0772. The van der Waals surface area contributed by atoms with Crippen LogP contribution in [-0.4, -0.2) is 100.0 Å². The molecular formula is C40H41F3N8O6. The molecule has 6 heterocycles. The largest absolute Gasteiger partial charge is 0.494 e. The third-order valence-electron chi connectivity index (χ3n) is 11.6. The Hall–Kier alpha value is -5.84. The van der Waals surface area contributed by atoms with E-state index in [4.69, 9.17) is 9.84 Å². The first-order valence-electron chi connectivity index (χ1n) is 19.1. The van der Waals surface area contributed by atoms with Crippen molar-refractivity contribution in [3.05, 3.63) is 77.2 Å². The van der Waals surface area contributed by atoms with Crippen LogP contribution < -0.4 is 20.3 Å². The van der Waals surface area contributed by atoms with Gasteiger partial charge >= 0.3 is 6.18 Å². The Morgan fingerprint density at radius 1 is 0.930 bits per heavy atom. The smallest absolute Gasteiger partial charge is 0.433 e. The van der Waals surface area contributed by atoms with Gasteiger partial charge < -0.3 is 19.9 Å². The summed E-state index contributed by atoms with van der Waals surface area (Å²) in [5.41, 5.74) is 0.898. The standard InChI is InChI=1S/C40H41F3N8O6/c1-57-33-21-30-24(19-31(33)45-36(53)29-3-2-4-34(44-29)40(41,42)43)22-50(47-30)25-12-15-48(16-13-25)14-9-23-10-17-49(18-11-23)26-5-6-27-28(20-26)39(56)51(38(27)55)32-7-8-35(52)46-37(32)54/h2-6,19-23,25,32H,7-18H2,1H3,(H,45,53)(H,46,52,54). The van der Waals surface area contributed by atoms with Crippen LogP contribution in [0.3, 0.4) is 0 Å². The molecule has 3 fully saturated rings. The summed E-state index contributed by atoms with van der Waals surface area (Å²) < 4.78 is 46.9. The molecule has 3 saturated heterocycles. The van der Waals surface area contributed by atoms with Gasteiger partial charge in [-0.2, -0.15) is 18.3 Å². The van der Waals surface area contributed by atoms with Crippen molar-refractivity contribution in [3.63, 3.8) is 0 Å². The monoisotopic (exact) mass is 786 g/mol. The zero-order valence-electron chi connectivity index (χ0n) is 31.2. The third kappa shape index (κ3) is 7.67. The van der Waals surface area contributed by atoms with E-state index >= 15 is 0 Å². The lowest BCUT2D eigenvalue weighted by molar-refractivity contribution is -0.141. The second kappa shape index (κ2) is 15.2. The topological polar surface area (TPSA) is 159 Å². The number of ether oxygens (including phenoxy) is 1. The minimum atomic E-state index is -4.67. The summed E-state index contributed by atoms with van der Waals surface area (Å²) in [6.07, 6.45) is 2.35. The summed E-state index contributed by atoms with van der Waals surface area (Å²) in [4.78, 5) is 72.5. The molecule has 0 radical (unpaired) electrons. The summed E-state index contributed by atoms with van der Waals surface area (Å²) in [5.74, 6) is -1.94. The van der Waals surface area contributed by atoms with Gasteiger partial charge in [-0.3, -0.25) is 38.9 Å². The number of nitrogens with zero attached hydrogens (tertiary/aromatic N) is 6. The van der Waals surface area contributed by atoms with Crippen molar-refractivity contribution in [2.75, 3.05) is 50.1 Å². The first-order valence-corrected chi connectivity index (χ1v) is 19.1. The van der Waals surface area contributed by atoms with Gasteiger partial charge in [0, 0.05) is 55.9 Å². The molecule has 1 atom stereocenters. The number of imide groups is 2. The van der Waals surface area contributed by atoms with Crippen molar-refractivity contribution in [1.29, 1.82) is 0 Å². The molecule has 4 aliphatic rings. The first kappa shape index (κ1) is 38.1. The van der Waals surface area contributed by atoms with Gasteiger partial charge in [0.05, 0.1) is 35.5 Å². The number of aromatic nitrogens is 3. The van der Waals surface area contributed by atoms with Gasteiger partial charge in [0.25, 0.3) is 17.7 Å². The number of fused-ring (bicyclic) bond motifs is 2. The Bertz CT molecular complexity index is 2260. The maximum Gasteiger partial charge on any atom is 0.433 e. The molecule has 2 aromatic carbocycles. The number of hydrogen-bond acceptors (Lipinski definition) is 10. The molecule has 1 unspecified atom stereocenters. The highest BCUT2D eigenvalue weighted by Gasteiger charge is 2.45. The van der Waals surface area contributed by atoms with Crippen molar-refractivity contribution in [3.8, 4) is 5.75 Å². The molecule has 298 valence electrons. The van der Waals surface area contributed by atoms with Gasteiger partial charge in [-0.05, 0) is 87.4 Å². The lowest BCUT2D eigenvalue weighted by Gasteiger charge is -2.36. The molecule has 57 heavy (non-hydrogen) atoms. The predicted molar refractivity (Wildman–Crippen MR) is 201 cm³/mol. The molecule has 0 bridgehead atoms. The van der Waals surface area contributed by atoms with Crippen LogP contribution >= 0.6 is 0 Å². The highest BCUT2D eigenvalue weighted by atomic mass is 19.4. The Kier molecular flexibility index (Phi) is 10.2. The van der Waals surface area contributed by atoms with Crippen molar-refractivity contribution in [2.24, 2.45) is 5.92 Å². The third-order valence-corrected chi connectivity index (χ3v) is 11.6. The average Bonchev–Trinajstić information content (AvgIpc) is 3.73. The van der Waals surface area contributed by atoms with E-state index in [1.165, 1.54) is 13.2 Å². The normalized spacial score (nSPS) is 20.0. The van der Waals surface area contributed by atoms with Gasteiger partial charge in [-0.1, -0.05) is 6.07 Å². The van der Waals surface area contributed by atoms with E-state index in [0.717, 1.165) is 92.9 Å². The van der Waals surface area contributed by atoms with Gasteiger partial charge in [0.15, 0.2) is 0 Å². The minimum Gasteiger partial charge on any atom is -0.494 e. The number of halogens is 3. The fraction of sp³-hybridized carbons (Fsp3) is 0.425. The summed E-state index contributed by atoms with van der Waals surface area (Å²) >= 11 is 0. The van der Waals surface area contributed by atoms with Crippen molar-refractivity contribution in [2.45, 2.75) is 63.2 Å². The lowest BCUT2D eigenvalue weighted by Crippen LogP contribution is -2.54. The number of hydrogen-bond donors (Lipinski definition) is 2. The maximum atomic E-state index is 13.3. The Morgan fingerprint density at radius 2 is 1.68 bits per heavy atom. The predicted octanol–water partition coefficient (Wildman–Crippen LogP) is 5.06. The molecule has 2 N–H and O–H groups in total. The van der Waals surface area contributed by atoms with E-state index < -0.39 is 47.4 Å². The quantitative estimate of drug-likeness (QED) is 0.220. The Balaban J connectivity index is 0.817. The van der Waals surface area contributed by atoms with E-state index in [1.54, 1.807) is 24.3 Å². The SMILES string of the molecule is COc1cc2nn(C3CCN(CCC4CCN(c5ccc6c(c5)C(=O)N(C5CCC(=O)NC5=O)C6=O)CC4)CC3)cc2cc1NC(=O)c1cccc(C(F)(F)F)n1. The number of alkyl halides is 3. The molecule has 0 spiro atoms. The van der Waals surface area contributed by atoms with Gasteiger partial charge in [-0.15, -0.1) is 0 Å². The number of amides is 5. The van der Waals surface area contributed by atoms with Gasteiger partial charge in [0.1, 0.15) is 23.2 Å². The molecule has 14 nitrogen and oxygen atoms in total. The molecule has 0 aliphatic carbocycles. The van der Waals surface area contributed by atoms with Crippen molar-refractivity contribution >= 4 is 51.8 Å². The summed E-state index contributed by atoms with van der Waals surface area (Å²) in [6, 6.07) is 11.0. The zero-order chi connectivity index (χ0) is 40.0. The summed E-state index contributed by atoms with van der Waals surface area (Å²) in [7, 11) is 1.44. The first-order chi connectivity index (χ1) is 27.4. The molecule has 8 rings (SSSR count). The molecule has 5 amide bonds. The molecule has 0 saturated carbocycles. The fourth-order valence-corrected chi connectivity index (χ4v) is 8.34. The lowest BCUT2D eigenvalue weighted by atomic mass is 9.92. The number of carbonyl (C=O) groups is 5. The number of methoxy groups -OCH3 is 1. The molecule has 17 heteroatoms. The van der Waals surface area contributed by atoms with E-state index in [-0.39, 0.29) is 30.1 Å². The Labute approximate surface area is 325 Å². The maximum absolute atomic E-state index is 13.3. The van der Waals surface area contributed by atoms with E-state index in [1.807, 2.05) is 16.9 Å². The Morgan fingerprint density at radius 3 is 2.40 bits per heavy atom. The van der Waals surface area contributed by atoms with Crippen LogP contribution in [0.2, 0.25) is 0 Å². The second-order valence-corrected chi connectivity index (χ2v) is 15.0. The van der Waals surface area contributed by atoms with Crippen LogP contribution in [0.5, 0.6) is 5.75 Å². The fourth-order valence-electron chi connectivity index (χ4n) is 8.34. The van der Waals surface area contributed by atoms with Crippen LogP contribution in [0, 0.1) is 5.92 Å². The molecular weight excluding hydrogens is 745 g/mol. The number of rotatable bonds is 9. The number of benzene rings is 2. The molecule has 4 aromatic rings. The zero-order valence-corrected chi connectivity index (χ0v) is 31.2. The van der Waals surface area contributed by atoms with Crippen molar-refractivity contribution in [1.82, 2.24) is 29.9 Å². The highest BCUT2D eigenvalue weighted by Crippen LogP contribution is 2.35.